The SMILES string of the molecule is COC(=O)c1sc(NC(=O)COC(=O)c2cccnc2SC)c(C(=O)OC)c1C. The van der Waals surface area contributed by atoms with Gasteiger partial charge in [-0.3, -0.25) is 4.79 Å². The molecule has 0 aromatic carbocycles. The van der Waals surface area contributed by atoms with Crippen LogP contribution in [0.1, 0.15) is 36.0 Å². The second-order valence-electron chi connectivity index (χ2n) is 5.43. The third-order valence-electron chi connectivity index (χ3n) is 3.68. The summed E-state index contributed by atoms with van der Waals surface area (Å²) in [6.07, 6.45) is 3.31. The minimum absolute atomic E-state index is 0.0366. The molecule has 0 aliphatic heterocycles. The van der Waals surface area contributed by atoms with Crippen molar-refractivity contribution in [3.63, 3.8) is 0 Å². The van der Waals surface area contributed by atoms with Crippen molar-refractivity contribution >= 4 is 51.9 Å². The van der Waals surface area contributed by atoms with Gasteiger partial charge in [0.25, 0.3) is 5.91 Å². The Kier molecular flexibility index (Phi) is 7.74. The highest BCUT2D eigenvalue weighted by Crippen LogP contribution is 2.34. The predicted octanol–water partition coefficient (Wildman–Crippen LogP) is 2.54. The number of rotatable bonds is 7. The minimum atomic E-state index is -0.721. The minimum Gasteiger partial charge on any atom is -0.465 e. The van der Waals surface area contributed by atoms with E-state index in [0.717, 1.165) is 11.3 Å². The Bertz CT molecular complexity index is 956. The normalized spacial score (nSPS) is 10.2. The molecule has 154 valence electrons. The zero-order chi connectivity index (χ0) is 21.6. The molecular formula is C18H18N2O7S2. The average Bonchev–Trinajstić information content (AvgIpc) is 3.06. The van der Waals surface area contributed by atoms with E-state index in [1.54, 1.807) is 24.6 Å². The lowest BCUT2D eigenvalue weighted by Gasteiger charge is -2.08. The number of nitrogens with one attached hydrogen (secondary N) is 1. The maximum atomic E-state index is 12.3. The van der Waals surface area contributed by atoms with Gasteiger partial charge >= 0.3 is 17.9 Å². The molecule has 0 aliphatic carbocycles. The van der Waals surface area contributed by atoms with Crippen molar-refractivity contribution in [3.8, 4) is 0 Å². The van der Waals surface area contributed by atoms with Crippen molar-refractivity contribution in [2.45, 2.75) is 11.9 Å². The Balaban J connectivity index is 2.15. The molecule has 2 heterocycles. The summed E-state index contributed by atoms with van der Waals surface area (Å²) in [4.78, 5) is 52.6. The quantitative estimate of drug-likeness (QED) is 0.395. The highest BCUT2D eigenvalue weighted by atomic mass is 32.2. The number of nitrogens with zero attached hydrogens (tertiary/aromatic N) is 1. The third-order valence-corrected chi connectivity index (χ3v) is 5.58. The van der Waals surface area contributed by atoms with Gasteiger partial charge in [0.1, 0.15) is 14.9 Å². The van der Waals surface area contributed by atoms with Crippen molar-refractivity contribution < 1.29 is 33.4 Å². The number of esters is 3. The molecule has 1 amide bonds. The van der Waals surface area contributed by atoms with Crippen molar-refractivity contribution in [3.05, 3.63) is 39.9 Å². The Morgan fingerprint density at radius 3 is 2.45 bits per heavy atom. The molecule has 11 heteroatoms. The molecule has 2 aromatic rings. The van der Waals surface area contributed by atoms with Crippen molar-refractivity contribution in [1.82, 2.24) is 4.98 Å². The lowest BCUT2D eigenvalue weighted by molar-refractivity contribution is -0.119. The fraction of sp³-hybridized carbons (Fsp3) is 0.278. The summed E-state index contributed by atoms with van der Waals surface area (Å²) in [6.45, 7) is 0.948. The van der Waals surface area contributed by atoms with Crippen LogP contribution in [0.4, 0.5) is 5.00 Å². The first-order valence-electron chi connectivity index (χ1n) is 8.10. The summed E-state index contributed by atoms with van der Waals surface area (Å²) in [6, 6.07) is 3.13. The first-order valence-corrected chi connectivity index (χ1v) is 10.1. The second kappa shape index (κ2) is 10.0. The molecular weight excluding hydrogens is 420 g/mol. The zero-order valence-electron chi connectivity index (χ0n) is 16.1. The smallest absolute Gasteiger partial charge is 0.348 e. The van der Waals surface area contributed by atoms with Crippen LogP contribution in [0.3, 0.4) is 0 Å². The van der Waals surface area contributed by atoms with Crippen molar-refractivity contribution in [2.75, 3.05) is 32.4 Å². The first kappa shape index (κ1) is 22.4. The lowest BCUT2D eigenvalue weighted by Crippen LogP contribution is -2.22. The summed E-state index contributed by atoms with van der Waals surface area (Å²) in [5.74, 6) is -2.76. The molecule has 0 unspecified atom stereocenters. The standard InChI is InChI=1S/C18H18N2O7S2/c1-9-12(17(23)25-2)15(29-13(9)18(24)26-3)20-11(21)8-27-16(22)10-6-5-7-19-14(10)28-4/h5-7H,8H2,1-4H3,(H,20,21). The van der Waals surface area contributed by atoms with Gasteiger partial charge < -0.3 is 19.5 Å². The van der Waals surface area contributed by atoms with Crippen LogP contribution in [0.2, 0.25) is 0 Å². The zero-order valence-corrected chi connectivity index (χ0v) is 17.7. The number of anilines is 1. The molecule has 0 fully saturated rings. The Morgan fingerprint density at radius 1 is 1.14 bits per heavy atom. The maximum absolute atomic E-state index is 12.3. The number of aromatic nitrogens is 1. The monoisotopic (exact) mass is 438 g/mol. The lowest BCUT2D eigenvalue weighted by atomic mass is 10.1. The number of hydrogen-bond donors (Lipinski definition) is 1. The van der Waals surface area contributed by atoms with E-state index in [2.05, 4.69) is 15.0 Å². The van der Waals surface area contributed by atoms with E-state index < -0.39 is 30.4 Å². The van der Waals surface area contributed by atoms with Crippen LogP contribution in [0.15, 0.2) is 23.4 Å². The van der Waals surface area contributed by atoms with Gasteiger partial charge in [-0.25, -0.2) is 19.4 Å². The van der Waals surface area contributed by atoms with Gasteiger partial charge in [0, 0.05) is 6.20 Å². The Morgan fingerprint density at radius 2 is 1.83 bits per heavy atom. The topological polar surface area (TPSA) is 121 Å². The van der Waals surface area contributed by atoms with E-state index in [0.29, 0.717) is 10.6 Å². The van der Waals surface area contributed by atoms with Crippen LogP contribution in [-0.2, 0) is 19.0 Å². The third kappa shape index (κ3) is 5.12. The van der Waals surface area contributed by atoms with Gasteiger partial charge in [-0.05, 0) is 30.9 Å². The van der Waals surface area contributed by atoms with E-state index in [-0.39, 0.29) is 21.0 Å². The molecule has 1 N–H and O–H groups in total. The molecule has 29 heavy (non-hydrogen) atoms. The van der Waals surface area contributed by atoms with E-state index in [9.17, 15) is 19.2 Å². The van der Waals surface area contributed by atoms with Gasteiger partial charge in [-0.15, -0.1) is 23.1 Å². The number of ether oxygens (including phenoxy) is 3. The van der Waals surface area contributed by atoms with Gasteiger partial charge in [0.15, 0.2) is 6.61 Å². The summed E-state index contributed by atoms with van der Waals surface area (Å²) < 4.78 is 14.4. The summed E-state index contributed by atoms with van der Waals surface area (Å²) in [5, 5.41) is 3.05. The Hall–Kier alpha value is -2.92. The largest absolute Gasteiger partial charge is 0.465 e. The molecule has 9 nitrogen and oxygen atoms in total. The molecule has 0 atom stereocenters. The maximum Gasteiger partial charge on any atom is 0.348 e. The van der Waals surface area contributed by atoms with E-state index >= 15 is 0 Å². The number of carbonyl (C=O) groups is 4. The van der Waals surface area contributed by atoms with Crippen LogP contribution >= 0.6 is 23.1 Å². The summed E-state index contributed by atoms with van der Waals surface area (Å²) in [5.41, 5.74) is 0.596. The number of carbonyl (C=O) groups excluding carboxylic acids is 4. The molecule has 2 aromatic heterocycles. The van der Waals surface area contributed by atoms with E-state index in [1.807, 2.05) is 0 Å². The number of methoxy groups -OCH3 is 2. The van der Waals surface area contributed by atoms with Crippen molar-refractivity contribution in [1.29, 1.82) is 0 Å². The number of pyridine rings is 1. The molecule has 0 aliphatic rings. The molecule has 0 spiro atoms. The molecule has 0 bridgehead atoms. The number of hydrogen-bond acceptors (Lipinski definition) is 10. The highest BCUT2D eigenvalue weighted by Gasteiger charge is 2.27. The van der Waals surface area contributed by atoms with Gasteiger partial charge in [-0.2, -0.15) is 0 Å². The van der Waals surface area contributed by atoms with Crippen LogP contribution in [0, 0.1) is 6.92 Å². The highest BCUT2D eigenvalue weighted by molar-refractivity contribution is 7.98. The summed E-state index contributed by atoms with van der Waals surface area (Å²) >= 11 is 2.14. The van der Waals surface area contributed by atoms with Crippen molar-refractivity contribution in [2.24, 2.45) is 0 Å². The van der Waals surface area contributed by atoms with Gasteiger partial charge in [0.2, 0.25) is 0 Å². The Labute approximate surface area is 174 Å². The van der Waals surface area contributed by atoms with Crippen LogP contribution in [0.5, 0.6) is 0 Å². The second-order valence-corrected chi connectivity index (χ2v) is 7.24. The molecule has 0 saturated carbocycles. The predicted molar refractivity (Wildman–Crippen MR) is 107 cm³/mol. The van der Waals surface area contributed by atoms with E-state index in [4.69, 9.17) is 9.47 Å². The average molecular weight is 438 g/mol. The first-order chi connectivity index (χ1) is 13.8. The number of thioether (sulfide) groups is 1. The number of amides is 1. The molecule has 0 radical (unpaired) electrons. The van der Waals surface area contributed by atoms with E-state index in [1.165, 1.54) is 32.9 Å². The van der Waals surface area contributed by atoms with Crippen LogP contribution in [0.25, 0.3) is 0 Å². The molecule has 0 saturated heterocycles. The number of thiophene rings is 1. The fourth-order valence-corrected chi connectivity index (χ4v) is 3.98. The molecule has 2 rings (SSSR count). The summed E-state index contributed by atoms with van der Waals surface area (Å²) in [7, 11) is 2.39. The van der Waals surface area contributed by atoms with Gasteiger partial charge in [0.05, 0.1) is 25.3 Å². The van der Waals surface area contributed by atoms with Gasteiger partial charge in [-0.1, -0.05) is 0 Å². The van der Waals surface area contributed by atoms with Crippen LogP contribution in [-0.4, -0.2) is 55.9 Å². The van der Waals surface area contributed by atoms with Crippen LogP contribution < -0.4 is 5.32 Å². The fourth-order valence-electron chi connectivity index (χ4n) is 2.32.